The molecule has 4 rings (SSSR count). The van der Waals surface area contributed by atoms with Crippen LogP contribution in [0.5, 0.6) is 0 Å². The Balaban J connectivity index is 1.77. The Hall–Kier alpha value is -3.19. The normalized spacial score (nSPS) is 12.5. The van der Waals surface area contributed by atoms with Gasteiger partial charge in [-0.05, 0) is 31.2 Å². The summed E-state index contributed by atoms with van der Waals surface area (Å²) in [6, 6.07) is 17.7. The highest BCUT2D eigenvalue weighted by Gasteiger charge is 2.13. The Morgan fingerprint density at radius 1 is 1.00 bits per heavy atom. The molecule has 0 radical (unpaired) electrons. The van der Waals surface area contributed by atoms with Crippen LogP contribution in [0.25, 0.3) is 15.9 Å². The number of aryl methyl sites for hydroxylation is 1. The molecule has 0 saturated heterocycles. The quantitative estimate of drug-likeness (QED) is 0.400. The molecule has 6 nitrogen and oxygen atoms in total. The molecule has 0 aliphatic carbocycles. The maximum atomic E-state index is 12.7. The van der Waals surface area contributed by atoms with Crippen molar-refractivity contribution in [2.45, 2.75) is 6.92 Å². The van der Waals surface area contributed by atoms with Crippen molar-refractivity contribution in [2.24, 2.45) is 24.3 Å². The van der Waals surface area contributed by atoms with Crippen molar-refractivity contribution in [3.05, 3.63) is 81.0 Å². The van der Waals surface area contributed by atoms with Crippen LogP contribution < -0.4 is 10.4 Å². The predicted octanol–water partition coefficient (Wildman–Crippen LogP) is 2.97. The molecule has 0 unspecified atom stereocenters. The summed E-state index contributed by atoms with van der Waals surface area (Å²) in [4.78, 5) is 13.5. The fourth-order valence-corrected chi connectivity index (χ4v) is 4.08. The van der Waals surface area contributed by atoms with Gasteiger partial charge in [-0.25, -0.2) is 4.68 Å². The molecule has 0 aliphatic heterocycles. The maximum Gasteiger partial charge on any atom is 0.274 e. The summed E-state index contributed by atoms with van der Waals surface area (Å²) in [5, 5.41) is 8.61. The van der Waals surface area contributed by atoms with Gasteiger partial charge in [-0.15, -0.1) is 5.10 Å². The fraction of sp³-hybridized carbons (Fsp3) is 0.150. The highest BCUT2D eigenvalue weighted by Crippen LogP contribution is 2.15. The number of hydrogen-bond acceptors (Lipinski definition) is 4. The topological polar surface area (TPSA) is 56.6 Å². The molecular formula is C20H19N5OS. The maximum absolute atomic E-state index is 12.7. The zero-order chi connectivity index (χ0) is 19.0. The smallest absolute Gasteiger partial charge is 0.274 e. The third-order valence-corrected chi connectivity index (χ3v) is 5.69. The Morgan fingerprint density at radius 3 is 2.44 bits per heavy atom. The molecule has 0 aliphatic rings. The van der Waals surface area contributed by atoms with Gasteiger partial charge < -0.3 is 4.57 Å². The standard InChI is InChI=1S/C20H19N5OS/c1-14-17(24(3)25(19(14)26)15-9-5-4-6-10-15)13-21-22-20-23(2)16-11-7-8-12-18(16)27-20/h4-13H,1-3H3/b21-13-,22-20+. The van der Waals surface area contributed by atoms with Gasteiger partial charge in [-0.1, -0.05) is 41.7 Å². The van der Waals surface area contributed by atoms with Crippen molar-refractivity contribution in [3.8, 4) is 5.69 Å². The largest absolute Gasteiger partial charge is 0.318 e. The second-order valence-corrected chi connectivity index (χ2v) is 7.25. The second kappa shape index (κ2) is 6.85. The van der Waals surface area contributed by atoms with Gasteiger partial charge in [0, 0.05) is 19.7 Å². The number of thiazole rings is 1. The molecule has 0 saturated carbocycles. The van der Waals surface area contributed by atoms with Crippen molar-refractivity contribution >= 4 is 27.8 Å². The van der Waals surface area contributed by atoms with E-state index in [-0.39, 0.29) is 5.56 Å². The van der Waals surface area contributed by atoms with Gasteiger partial charge in [0.05, 0.1) is 27.8 Å². The molecule has 4 aromatic rings. The fourth-order valence-electron chi connectivity index (χ4n) is 3.11. The van der Waals surface area contributed by atoms with Crippen LogP contribution in [0.3, 0.4) is 0 Å². The zero-order valence-corrected chi connectivity index (χ0v) is 16.1. The Morgan fingerprint density at radius 2 is 1.70 bits per heavy atom. The van der Waals surface area contributed by atoms with Gasteiger partial charge in [-0.3, -0.25) is 9.48 Å². The highest BCUT2D eigenvalue weighted by molar-refractivity contribution is 7.16. The van der Waals surface area contributed by atoms with Gasteiger partial charge in [0.25, 0.3) is 5.56 Å². The first kappa shape index (κ1) is 17.2. The third kappa shape index (κ3) is 2.96. The molecule has 0 atom stereocenters. The predicted molar refractivity (Wildman–Crippen MR) is 110 cm³/mol. The van der Waals surface area contributed by atoms with E-state index in [4.69, 9.17) is 0 Å². The zero-order valence-electron chi connectivity index (χ0n) is 15.3. The van der Waals surface area contributed by atoms with Crippen molar-refractivity contribution in [2.75, 3.05) is 0 Å². The number of para-hydroxylation sites is 2. The number of aromatic nitrogens is 3. The van der Waals surface area contributed by atoms with Crippen LogP contribution in [-0.4, -0.2) is 20.1 Å². The van der Waals surface area contributed by atoms with Crippen molar-refractivity contribution < 1.29 is 0 Å². The molecule has 0 amide bonds. The summed E-state index contributed by atoms with van der Waals surface area (Å²) in [5.74, 6) is 0. The minimum Gasteiger partial charge on any atom is -0.318 e. The van der Waals surface area contributed by atoms with Crippen LogP contribution in [0.2, 0.25) is 0 Å². The van der Waals surface area contributed by atoms with Gasteiger partial charge in [0.15, 0.2) is 0 Å². The molecular weight excluding hydrogens is 358 g/mol. The van der Waals surface area contributed by atoms with Crippen molar-refractivity contribution in [1.82, 2.24) is 13.9 Å². The summed E-state index contributed by atoms with van der Waals surface area (Å²) in [7, 11) is 3.82. The number of rotatable bonds is 3. The van der Waals surface area contributed by atoms with E-state index in [0.717, 1.165) is 26.4 Å². The summed E-state index contributed by atoms with van der Waals surface area (Å²) < 4.78 is 6.61. The molecule has 0 fully saturated rings. The molecule has 0 bridgehead atoms. The Kier molecular flexibility index (Phi) is 4.37. The van der Waals surface area contributed by atoms with E-state index in [1.807, 2.05) is 68.1 Å². The van der Waals surface area contributed by atoms with Crippen LogP contribution in [0.15, 0.2) is 69.6 Å². The number of hydrogen-bond donors (Lipinski definition) is 0. The first-order valence-electron chi connectivity index (χ1n) is 8.53. The number of fused-ring (bicyclic) bond motifs is 1. The molecule has 136 valence electrons. The molecule has 2 aromatic heterocycles. The highest BCUT2D eigenvalue weighted by atomic mass is 32.1. The Labute approximate surface area is 159 Å². The van der Waals surface area contributed by atoms with Crippen LogP contribution in [-0.2, 0) is 14.1 Å². The lowest BCUT2D eigenvalue weighted by Crippen LogP contribution is -2.20. The van der Waals surface area contributed by atoms with Gasteiger partial charge in [0.2, 0.25) is 4.80 Å². The molecule has 27 heavy (non-hydrogen) atoms. The van der Waals surface area contributed by atoms with E-state index in [1.165, 1.54) is 0 Å². The van der Waals surface area contributed by atoms with Crippen LogP contribution in [0, 0.1) is 6.92 Å². The Bertz CT molecular complexity index is 1270. The van der Waals surface area contributed by atoms with Crippen LogP contribution in [0.4, 0.5) is 0 Å². The SMILES string of the molecule is Cc1c(/C=N\N=c2\sc3ccccc3n2C)n(C)n(-c2ccccc2)c1=O. The average Bonchev–Trinajstić information content (AvgIpc) is 3.11. The monoisotopic (exact) mass is 377 g/mol. The van der Waals surface area contributed by atoms with Crippen LogP contribution in [0.1, 0.15) is 11.3 Å². The van der Waals surface area contributed by atoms with E-state index in [1.54, 1.807) is 26.9 Å². The first-order valence-corrected chi connectivity index (χ1v) is 9.35. The van der Waals surface area contributed by atoms with Gasteiger partial charge >= 0.3 is 0 Å². The number of benzene rings is 2. The van der Waals surface area contributed by atoms with E-state index in [2.05, 4.69) is 22.3 Å². The molecule has 2 heterocycles. The lowest BCUT2D eigenvalue weighted by molar-refractivity contribution is 0.643. The van der Waals surface area contributed by atoms with Gasteiger partial charge in [0.1, 0.15) is 0 Å². The molecule has 0 spiro atoms. The molecule has 2 aromatic carbocycles. The van der Waals surface area contributed by atoms with Crippen molar-refractivity contribution in [3.63, 3.8) is 0 Å². The summed E-state index contributed by atoms with van der Waals surface area (Å²) in [6.07, 6.45) is 1.64. The average molecular weight is 377 g/mol. The summed E-state index contributed by atoms with van der Waals surface area (Å²) in [6.45, 7) is 1.81. The van der Waals surface area contributed by atoms with E-state index in [0.29, 0.717) is 5.56 Å². The van der Waals surface area contributed by atoms with E-state index < -0.39 is 0 Å². The van der Waals surface area contributed by atoms with Crippen LogP contribution >= 0.6 is 11.3 Å². The third-order valence-electron chi connectivity index (χ3n) is 4.58. The second-order valence-electron chi connectivity index (χ2n) is 6.24. The molecule has 0 N–H and O–H groups in total. The van der Waals surface area contributed by atoms with Gasteiger partial charge in [-0.2, -0.15) is 5.10 Å². The number of nitrogens with zero attached hydrogens (tertiary/aromatic N) is 5. The molecule has 7 heteroatoms. The summed E-state index contributed by atoms with van der Waals surface area (Å²) in [5.41, 5.74) is 3.26. The lowest BCUT2D eigenvalue weighted by Gasteiger charge is -2.07. The summed E-state index contributed by atoms with van der Waals surface area (Å²) >= 11 is 1.58. The minimum absolute atomic E-state index is 0.0578. The van der Waals surface area contributed by atoms with Crippen molar-refractivity contribution in [1.29, 1.82) is 0 Å². The van der Waals surface area contributed by atoms with E-state index in [9.17, 15) is 4.79 Å². The minimum atomic E-state index is -0.0578. The first-order chi connectivity index (χ1) is 13.1. The lowest BCUT2D eigenvalue weighted by atomic mass is 10.3. The van der Waals surface area contributed by atoms with E-state index >= 15 is 0 Å².